The lowest BCUT2D eigenvalue weighted by molar-refractivity contribution is -0.385. The first-order chi connectivity index (χ1) is 8.43. The van der Waals surface area contributed by atoms with Gasteiger partial charge in [0.05, 0.1) is 18.5 Å². The Labute approximate surface area is 123 Å². The van der Waals surface area contributed by atoms with E-state index in [9.17, 15) is 14.9 Å². The maximum absolute atomic E-state index is 11.1. The molecule has 1 aromatic rings. The van der Waals surface area contributed by atoms with Crippen LogP contribution in [0.15, 0.2) is 23.1 Å². The molecule has 1 unspecified atom stereocenters. The maximum Gasteiger partial charge on any atom is 0.306 e. The number of rotatable bonds is 5. The number of carbonyl (C=O) groups is 1. The molecule has 0 bridgehead atoms. The summed E-state index contributed by atoms with van der Waals surface area (Å²) in [5.41, 5.74) is 0.0735. The molecule has 0 saturated carbocycles. The fraction of sp³-hybridized carbons (Fsp3) is 0.364. The molecule has 0 fully saturated rings. The van der Waals surface area contributed by atoms with Crippen LogP contribution in [0.5, 0.6) is 0 Å². The van der Waals surface area contributed by atoms with Crippen LogP contribution < -0.4 is 0 Å². The third kappa shape index (κ3) is 4.45. The second kappa shape index (κ2) is 6.93. The SMILES string of the molecule is COC(=O)CC(C)Sc1ccc([N+](=O)[O-])cc1I. The Bertz CT molecular complexity index is 466. The summed E-state index contributed by atoms with van der Waals surface area (Å²) in [5, 5.41) is 10.7. The van der Waals surface area contributed by atoms with Gasteiger partial charge in [0.25, 0.3) is 5.69 Å². The first-order valence-corrected chi connectivity index (χ1v) is 7.07. The predicted octanol–water partition coefficient (Wildman–Crippen LogP) is 3.24. The van der Waals surface area contributed by atoms with E-state index in [-0.39, 0.29) is 16.9 Å². The largest absolute Gasteiger partial charge is 0.469 e. The number of esters is 1. The molecule has 0 spiro atoms. The number of ether oxygens (including phenoxy) is 1. The second-order valence-corrected chi connectivity index (χ2v) is 6.22. The summed E-state index contributed by atoms with van der Waals surface area (Å²) in [6.45, 7) is 1.92. The molecule has 0 aliphatic rings. The number of thioether (sulfide) groups is 1. The van der Waals surface area contributed by atoms with Crippen molar-refractivity contribution in [3.05, 3.63) is 31.9 Å². The van der Waals surface area contributed by atoms with Gasteiger partial charge < -0.3 is 4.74 Å². The summed E-state index contributed by atoms with van der Waals surface area (Å²) in [7, 11) is 1.36. The molecule has 0 aromatic heterocycles. The zero-order valence-corrected chi connectivity index (χ0v) is 12.9. The van der Waals surface area contributed by atoms with E-state index >= 15 is 0 Å². The van der Waals surface area contributed by atoms with Gasteiger partial charge in [0.2, 0.25) is 0 Å². The van der Waals surface area contributed by atoms with E-state index in [0.29, 0.717) is 6.42 Å². The zero-order chi connectivity index (χ0) is 13.7. The van der Waals surface area contributed by atoms with Crippen molar-refractivity contribution >= 4 is 46.0 Å². The number of nitro benzene ring substituents is 1. The molecule has 0 aliphatic carbocycles. The average Bonchev–Trinajstić information content (AvgIpc) is 2.31. The van der Waals surface area contributed by atoms with Crippen LogP contribution in [0, 0.1) is 13.7 Å². The smallest absolute Gasteiger partial charge is 0.306 e. The van der Waals surface area contributed by atoms with Crippen LogP contribution in [-0.2, 0) is 9.53 Å². The highest BCUT2D eigenvalue weighted by Gasteiger charge is 2.14. The standard InChI is InChI=1S/C11H12INO4S/c1-7(5-11(14)17-2)18-10-4-3-8(13(15)16)6-9(10)12/h3-4,6-7H,5H2,1-2H3. The molecular formula is C11H12INO4S. The second-order valence-electron chi connectivity index (χ2n) is 3.58. The van der Waals surface area contributed by atoms with Crippen LogP contribution >= 0.6 is 34.4 Å². The van der Waals surface area contributed by atoms with E-state index in [1.165, 1.54) is 31.0 Å². The number of hydrogen-bond donors (Lipinski definition) is 0. The Morgan fingerprint density at radius 1 is 1.61 bits per heavy atom. The fourth-order valence-electron chi connectivity index (χ4n) is 1.28. The monoisotopic (exact) mass is 381 g/mol. The van der Waals surface area contributed by atoms with Crippen LogP contribution in [0.2, 0.25) is 0 Å². The van der Waals surface area contributed by atoms with E-state index in [0.717, 1.165) is 8.47 Å². The Hall–Kier alpha value is -0.830. The van der Waals surface area contributed by atoms with E-state index < -0.39 is 4.92 Å². The van der Waals surface area contributed by atoms with Gasteiger partial charge in [-0.3, -0.25) is 14.9 Å². The van der Waals surface area contributed by atoms with Gasteiger partial charge >= 0.3 is 5.97 Å². The van der Waals surface area contributed by atoms with Crippen molar-refractivity contribution in [3.8, 4) is 0 Å². The van der Waals surface area contributed by atoms with Gasteiger partial charge in [0, 0.05) is 25.8 Å². The lowest BCUT2D eigenvalue weighted by Crippen LogP contribution is -2.08. The van der Waals surface area contributed by atoms with Gasteiger partial charge in [-0.1, -0.05) is 6.92 Å². The molecule has 1 aromatic carbocycles. The third-order valence-electron chi connectivity index (χ3n) is 2.14. The van der Waals surface area contributed by atoms with Crippen LogP contribution in [0.4, 0.5) is 5.69 Å². The number of hydrogen-bond acceptors (Lipinski definition) is 5. The summed E-state index contributed by atoms with van der Waals surface area (Å²) in [6, 6.07) is 4.70. The Balaban J connectivity index is 2.73. The lowest BCUT2D eigenvalue weighted by atomic mass is 10.3. The third-order valence-corrected chi connectivity index (χ3v) is 4.57. The van der Waals surface area contributed by atoms with Crippen LogP contribution in [0.25, 0.3) is 0 Å². The molecule has 0 amide bonds. The van der Waals surface area contributed by atoms with Crippen molar-refractivity contribution in [2.75, 3.05) is 7.11 Å². The highest BCUT2D eigenvalue weighted by Crippen LogP contribution is 2.31. The minimum atomic E-state index is -0.422. The lowest BCUT2D eigenvalue weighted by Gasteiger charge is -2.10. The number of methoxy groups -OCH3 is 1. The number of nitrogens with zero attached hydrogens (tertiary/aromatic N) is 1. The summed E-state index contributed by atoms with van der Waals surface area (Å²) in [5.74, 6) is -0.257. The van der Waals surface area contributed by atoms with Gasteiger partial charge in [0.15, 0.2) is 0 Å². The first kappa shape index (κ1) is 15.2. The molecule has 1 rings (SSSR count). The van der Waals surface area contributed by atoms with Crippen molar-refractivity contribution < 1.29 is 14.5 Å². The van der Waals surface area contributed by atoms with E-state index in [1.54, 1.807) is 6.07 Å². The zero-order valence-electron chi connectivity index (χ0n) is 9.88. The molecule has 0 heterocycles. The Morgan fingerprint density at radius 3 is 2.78 bits per heavy atom. The summed E-state index contributed by atoms with van der Waals surface area (Å²) in [6.07, 6.45) is 0.314. The molecule has 7 heteroatoms. The van der Waals surface area contributed by atoms with E-state index in [1.807, 2.05) is 6.92 Å². The van der Waals surface area contributed by atoms with Gasteiger partial charge in [-0.15, -0.1) is 11.8 Å². The minimum Gasteiger partial charge on any atom is -0.469 e. The van der Waals surface area contributed by atoms with Crippen molar-refractivity contribution in [1.29, 1.82) is 0 Å². The number of halogens is 1. The molecule has 1 atom stereocenters. The van der Waals surface area contributed by atoms with Crippen molar-refractivity contribution in [3.63, 3.8) is 0 Å². The molecule has 0 radical (unpaired) electrons. The Morgan fingerprint density at radius 2 is 2.28 bits per heavy atom. The number of benzene rings is 1. The average molecular weight is 381 g/mol. The topological polar surface area (TPSA) is 69.4 Å². The van der Waals surface area contributed by atoms with Crippen LogP contribution in [0.1, 0.15) is 13.3 Å². The molecule has 98 valence electrons. The summed E-state index contributed by atoms with van der Waals surface area (Å²) >= 11 is 3.56. The fourth-order valence-corrected chi connectivity index (χ4v) is 3.13. The van der Waals surface area contributed by atoms with Crippen LogP contribution in [-0.4, -0.2) is 23.3 Å². The summed E-state index contributed by atoms with van der Waals surface area (Å²) in [4.78, 5) is 22.2. The maximum atomic E-state index is 11.1. The van der Waals surface area contributed by atoms with Gasteiger partial charge in [0.1, 0.15) is 0 Å². The molecule has 5 nitrogen and oxygen atoms in total. The van der Waals surface area contributed by atoms with Gasteiger partial charge in [-0.25, -0.2) is 0 Å². The normalized spacial score (nSPS) is 11.9. The first-order valence-electron chi connectivity index (χ1n) is 5.11. The molecule has 0 N–H and O–H groups in total. The molecule has 0 aliphatic heterocycles. The number of carbonyl (C=O) groups excluding carboxylic acids is 1. The molecule has 18 heavy (non-hydrogen) atoms. The van der Waals surface area contributed by atoms with Crippen LogP contribution in [0.3, 0.4) is 0 Å². The molecular weight excluding hydrogens is 369 g/mol. The highest BCUT2D eigenvalue weighted by molar-refractivity contribution is 14.1. The quantitative estimate of drug-likeness (QED) is 0.258. The van der Waals surface area contributed by atoms with Gasteiger partial charge in [-0.2, -0.15) is 0 Å². The molecule has 0 saturated heterocycles. The summed E-state index contributed by atoms with van der Waals surface area (Å²) < 4.78 is 5.40. The predicted molar refractivity (Wildman–Crippen MR) is 77.8 cm³/mol. The van der Waals surface area contributed by atoms with Crippen molar-refractivity contribution in [2.45, 2.75) is 23.5 Å². The number of nitro groups is 1. The highest BCUT2D eigenvalue weighted by atomic mass is 127. The van der Waals surface area contributed by atoms with Crippen molar-refractivity contribution in [2.24, 2.45) is 0 Å². The van der Waals surface area contributed by atoms with E-state index in [4.69, 9.17) is 0 Å². The van der Waals surface area contributed by atoms with E-state index in [2.05, 4.69) is 27.3 Å². The minimum absolute atomic E-state index is 0.0624. The van der Waals surface area contributed by atoms with Crippen molar-refractivity contribution in [1.82, 2.24) is 0 Å². The van der Waals surface area contributed by atoms with Gasteiger partial charge in [-0.05, 0) is 28.7 Å². The number of non-ortho nitro benzene ring substituents is 1. The Kier molecular flexibility index (Phi) is 5.86.